The third-order valence-electron chi connectivity index (χ3n) is 2.53. The molecule has 0 unspecified atom stereocenters. The Labute approximate surface area is 101 Å². The van der Waals surface area contributed by atoms with Crippen molar-refractivity contribution < 1.29 is 4.79 Å². The van der Waals surface area contributed by atoms with E-state index in [1.807, 2.05) is 42.5 Å². The fourth-order valence-corrected chi connectivity index (χ4v) is 1.74. The van der Waals surface area contributed by atoms with E-state index in [1.54, 1.807) is 0 Å². The SMILES string of the molecule is CC(=O)Nc1ccc(Cc2ccccc2)cc1. The van der Waals surface area contributed by atoms with Gasteiger partial charge in [0.1, 0.15) is 0 Å². The largest absolute Gasteiger partial charge is 0.326 e. The van der Waals surface area contributed by atoms with Gasteiger partial charge in [-0.2, -0.15) is 0 Å². The van der Waals surface area contributed by atoms with Crippen LogP contribution in [0.1, 0.15) is 18.1 Å². The summed E-state index contributed by atoms with van der Waals surface area (Å²) < 4.78 is 0. The zero-order valence-corrected chi connectivity index (χ0v) is 9.81. The molecule has 0 aliphatic heterocycles. The smallest absolute Gasteiger partial charge is 0.221 e. The van der Waals surface area contributed by atoms with Gasteiger partial charge in [-0.25, -0.2) is 0 Å². The third kappa shape index (κ3) is 3.45. The van der Waals surface area contributed by atoms with E-state index in [9.17, 15) is 4.79 Å². The summed E-state index contributed by atoms with van der Waals surface area (Å²) in [5.41, 5.74) is 3.37. The highest BCUT2D eigenvalue weighted by molar-refractivity contribution is 5.88. The number of anilines is 1. The number of carbonyl (C=O) groups excluding carboxylic acids is 1. The van der Waals surface area contributed by atoms with Gasteiger partial charge in [0.2, 0.25) is 5.91 Å². The molecule has 0 aromatic heterocycles. The average molecular weight is 225 g/mol. The molecule has 17 heavy (non-hydrogen) atoms. The first-order chi connectivity index (χ1) is 8.24. The minimum Gasteiger partial charge on any atom is -0.326 e. The van der Waals surface area contributed by atoms with Crippen LogP contribution in [0.5, 0.6) is 0 Å². The van der Waals surface area contributed by atoms with E-state index in [1.165, 1.54) is 18.1 Å². The molecular weight excluding hydrogens is 210 g/mol. The second-order valence-electron chi connectivity index (χ2n) is 4.04. The Morgan fingerprint density at radius 1 is 0.941 bits per heavy atom. The van der Waals surface area contributed by atoms with Gasteiger partial charge in [-0.3, -0.25) is 4.79 Å². The Balaban J connectivity index is 2.06. The Kier molecular flexibility index (Phi) is 3.55. The summed E-state index contributed by atoms with van der Waals surface area (Å²) >= 11 is 0. The van der Waals surface area contributed by atoms with Crippen LogP contribution in [0.2, 0.25) is 0 Å². The molecule has 0 spiro atoms. The lowest BCUT2D eigenvalue weighted by Gasteiger charge is -2.04. The first-order valence-electron chi connectivity index (χ1n) is 5.64. The summed E-state index contributed by atoms with van der Waals surface area (Å²) in [7, 11) is 0. The predicted octanol–water partition coefficient (Wildman–Crippen LogP) is 3.24. The van der Waals surface area contributed by atoms with Crippen LogP contribution in [0.25, 0.3) is 0 Å². The molecule has 0 bridgehead atoms. The van der Waals surface area contributed by atoms with Crippen molar-refractivity contribution in [3.05, 3.63) is 65.7 Å². The lowest BCUT2D eigenvalue weighted by Crippen LogP contribution is -2.05. The lowest BCUT2D eigenvalue weighted by atomic mass is 10.0. The van der Waals surface area contributed by atoms with Gasteiger partial charge >= 0.3 is 0 Å². The molecule has 0 aliphatic rings. The normalized spacial score (nSPS) is 9.94. The van der Waals surface area contributed by atoms with Crippen LogP contribution in [0.3, 0.4) is 0 Å². The summed E-state index contributed by atoms with van der Waals surface area (Å²) in [6.45, 7) is 1.51. The topological polar surface area (TPSA) is 29.1 Å². The standard InChI is InChI=1S/C15H15NO/c1-12(17)16-15-9-7-14(8-10-15)11-13-5-3-2-4-6-13/h2-10H,11H2,1H3,(H,16,17). The van der Waals surface area contributed by atoms with Crippen molar-refractivity contribution in [1.82, 2.24) is 0 Å². The Morgan fingerprint density at radius 3 is 2.12 bits per heavy atom. The second-order valence-corrected chi connectivity index (χ2v) is 4.04. The summed E-state index contributed by atoms with van der Waals surface area (Å²) in [4.78, 5) is 10.9. The minimum atomic E-state index is -0.0409. The number of carbonyl (C=O) groups is 1. The average Bonchev–Trinajstić information content (AvgIpc) is 2.32. The van der Waals surface area contributed by atoms with Crippen molar-refractivity contribution in [2.24, 2.45) is 0 Å². The molecule has 1 N–H and O–H groups in total. The maximum absolute atomic E-state index is 10.9. The zero-order chi connectivity index (χ0) is 12.1. The van der Waals surface area contributed by atoms with Crippen molar-refractivity contribution in [3.63, 3.8) is 0 Å². The fraction of sp³-hybridized carbons (Fsp3) is 0.133. The van der Waals surface area contributed by atoms with Crippen LogP contribution in [0, 0.1) is 0 Å². The van der Waals surface area contributed by atoms with Crippen LogP contribution >= 0.6 is 0 Å². The molecule has 0 fully saturated rings. The first kappa shape index (κ1) is 11.4. The van der Waals surface area contributed by atoms with Crippen LogP contribution in [0.15, 0.2) is 54.6 Å². The molecule has 2 aromatic carbocycles. The summed E-state index contributed by atoms with van der Waals surface area (Å²) in [5.74, 6) is -0.0409. The van der Waals surface area contributed by atoms with E-state index in [2.05, 4.69) is 17.4 Å². The van der Waals surface area contributed by atoms with Crippen molar-refractivity contribution >= 4 is 11.6 Å². The Bertz CT molecular complexity index is 488. The molecule has 2 heteroatoms. The first-order valence-corrected chi connectivity index (χ1v) is 5.64. The molecule has 0 saturated heterocycles. The molecule has 1 amide bonds. The molecule has 86 valence electrons. The van der Waals surface area contributed by atoms with Gasteiger partial charge in [-0.05, 0) is 29.7 Å². The van der Waals surface area contributed by atoms with Crippen LogP contribution in [-0.4, -0.2) is 5.91 Å². The second kappa shape index (κ2) is 5.30. The highest BCUT2D eigenvalue weighted by Gasteiger charge is 1.97. The van der Waals surface area contributed by atoms with E-state index < -0.39 is 0 Å². The van der Waals surface area contributed by atoms with Gasteiger partial charge < -0.3 is 5.32 Å². The van der Waals surface area contributed by atoms with E-state index in [0.717, 1.165) is 12.1 Å². The molecule has 2 nitrogen and oxygen atoms in total. The summed E-state index contributed by atoms with van der Waals surface area (Å²) in [6, 6.07) is 18.3. The van der Waals surface area contributed by atoms with Crippen molar-refractivity contribution in [2.75, 3.05) is 5.32 Å². The molecule has 0 saturated carbocycles. The van der Waals surface area contributed by atoms with E-state index in [-0.39, 0.29) is 5.91 Å². The molecule has 2 rings (SSSR count). The Hall–Kier alpha value is -2.09. The quantitative estimate of drug-likeness (QED) is 0.853. The molecule has 0 atom stereocenters. The van der Waals surface area contributed by atoms with E-state index in [0.29, 0.717) is 0 Å². The lowest BCUT2D eigenvalue weighted by molar-refractivity contribution is -0.114. The van der Waals surface area contributed by atoms with Crippen LogP contribution < -0.4 is 5.32 Å². The summed E-state index contributed by atoms with van der Waals surface area (Å²) in [5, 5.41) is 2.76. The predicted molar refractivity (Wildman–Crippen MR) is 70.0 cm³/mol. The highest BCUT2D eigenvalue weighted by atomic mass is 16.1. The molecule has 0 radical (unpaired) electrons. The van der Waals surface area contributed by atoms with Gasteiger partial charge in [0.05, 0.1) is 0 Å². The van der Waals surface area contributed by atoms with Gasteiger partial charge in [-0.1, -0.05) is 42.5 Å². The number of hydrogen-bond acceptors (Lipinski definition) is 1. The van der Waals surface area contributed by atoms with E-state index >= 15 is 0 Å². The molecule has 0 heterocycles. The highest BCUT2D eigenvalue weighted by Crippen LogP contribution is 2.13. The Morgan fingerprint density at radius 2 is 1.53 bits per heavy atom. The molecule has 0 aliphatic carbocycles. The maximum Gasteiger partial charge on any atom is 0.221 e. The number of nitrogens with one attached hydrogen (secondary N) is 1. The van der Waals surface area contributed by atoms with Crippen LogP contribution in [0.4, 0.5) is 5.69 Å². The monoisotopic (exact) mass is 225 g/mol. The molecule has 2 aromatic rings. The number of rotatable bonds is 3. The zero-order valence-electron chi connectivity index (χ0n) is 9.81. The number of benzene rings is 2. The minimum absolute atomic E-state index is 0.0409. The third-order valence-corrected chi connectivity index (χ3v) is 2.53. The van der Waals surface area contributed by atoms with E-state index in [4.69, 9.17) is 0 Å². The van der Waals surface area contributed by atoms with Gasteiger partial charge in [-0.15, -0.1) is 0 Å². The van der Waals surface area contributed by atoms with Gasteiger partial charge in [0.15, 0.2) is 0 Å². The number of amides is 1. The summed E-state index contributed by atoms with van der Waals surface area (Å²) in [6.07, 6.45) is 0.918. The molecular formula is C15H15NO. The van der Waals surface area contributed by atoms with Gasteiger partial charge in [0, 0.05) is 12.6 Å². The number of hydrogen-bond donors (Lipinski definition) is 1. The maximum atomic E-state index is 10.9. The van der Waals surface area contributed by atoms with Gasteiger partial charge in [0.25, 0.3) is 0 Å². The van der Waals surface area contributed by atoms with Crippen LogP contribution in [-0.2, 0) is 11.2 Å². The fourth-order valence-electron chi connectivity index (χ4n) is 1.74. The van der Waals surface area contributed by atoms with Crippen molar-refractivity contribution in [1.29, 1.82) is 0 Å². The van der Waals surface area contributed by atoms with Crippen molar-refractivity contribution in [3.8, 4) is 0 Å². The van der Waals surface area contributed by atoms with Crippen molar-refractivity contribution in [2.45, 2.75) is 13.3 Å².